The molecule has 1 spiro atoms. The van der Waals surface area contributed by atoms with Crippen molar-refractivity contribution in [1.82, 2.24) is 9.80 Å². The summed E-state index contributed by atoms with van der Waals surface area (Å²) in [5.41, 5.74) is 9.77. The largest absolute Gasteiger partial charge is 0.391 e. The highest BCUT2D eigenvalue weighted by molar-refractivity contribution is 5.94. The van der Waals surface area contributed by atoms with E-state index in [0.29, 0.717) is 38.9 Å². The smallest absolute Gasteiger partial charge is 0.242 e. The number of β-lactam (4-membered cyclic amide) rings is 1. The zero-order valence-corrected chi connectivity index (χ0v) is 14.4. The highest BCUT2D eigenvalue weighted by Crippen LogP contribution is 2.43. The van der Waals surface area contributed by atoms with Gasteiger partial charge in [-0.15, -0.1) is 0 Å². The summed E-state index contributed by atoms with van der Waals surface area (Å²) in [6, 6.07) is -1.01. The number of hydrogen-bond acceptors (Lipinski definition) is 5. The van der Waals surface area contributed by atoms with Crippen LogP contribution in [0.1, 0.15) is 39.0 Å². The van der Waals surface area contributed by atoms with Gasteiger partial charge in [0.25, 0.3) is 0 Å². The number of carbonyl (C=O) groups is 4. The number of nitrogens with two attached hydrogens (primary N) is 2. The van der Waals surface area contributed by atoms with Crippen molar-refractivity contribution in [3.63, 3.8) is 0 Å². The Bertz CT molecular complexity index is 569. The monoisotopic (exact) mass is 354 g/mol. The van der Waals surface area contributed by atoms with E-state index in [2.05, 4.69) is 0 Å². The van der Waals surface area contributed by atoms with Crippen LogP contribution in [0.5, 0.6) is 0 Å². The zero-order chi connectivity index (χ0) is 18.8. The van der Waals surface area contributed by atoms with E-state index in [4.69, 9.17) is 11.5 Å². The van der Waals surface area contributed by atoms with E-state index in [1.807, 2.05) is 0 Å². The molecule has 5 N–H and O–H groups in total. The number of primary amides is 2. The Balaban J connectivity index is 1.86. The SMILES string of the molecule is C[C@@H](O)[C@@H](C(N)=O)N1CC2(CCN(C(=O)CCCC(N)=O)CC2)C1=O. The van der Waals surface area contributed by atoms with Crippen LogP contribution in [0.3, 0.4) is 0 Å². The van der Waals surface area contributed by atoms with Gasteiger partial charge in [0.2, 0.25) is 23.6 Å². The van der Waals surface area contributed by atoms with Crippen molar-refractivity contribution in [1.29, 1.82) is 0 Å². The average molecular weight is 354 g/mol. The van der Waals surface area contributed by atoms with Crippen LogP contribution in [-0.4, -0.2) is 70.3 Å². The molecule has 2 fully saturated rings. The van der Waals surface area contributed by atoms with E-state index >= 15 is 0 Å². The first kappa shape index (κ1) is 19.2. The maximum Gasteiger partial charge on any atom is 0.242 e. The van der Waals surface area contributed by atoms with Crippen LogP contribution in [0.25, 0.3) is 0 Å². The van der Waals surface area contributed by atoms with Crippen molar-refractivity contribution in [2.75, 3.05) is 19.6 Å². The Morgan fingerprint density at radius 2 is 1.80 bits per heavy atom. The molecule has 0 saturated carbocycles. The molecular weight excluding hydrogens is 328 g/mol. The van der Waals surface area contributed by atoms with Crippen molar-refractivity contribution < 1.29 is 24.3 Å². The van der Waals surface area contributed by atoms with Crippen molar-refractivity contribution in [3.8, 4) is 0 Å². The normalized spacial score (nSPS) is 21.6. The van der Waals surface area contributed by atoms with E-state index < -0.39 is 29.4 Å². The molecule has 0 aliphatic carbocycles. The molecule has 0 unspecified atom stereocenters. The fourth-order valence-corrected chi connectivity index (χ4v) is 3.68. The quantitative estimate of drug-likeness (QED) is 0.468. The Morgan fingerprint density at radius 1 is 1.20 bits per heavy atom. The minimum absolute atomic E-state index is 0.0429. The maximum absolute atomic E-state index is 12.6. The van der Waals surface area contributed by atoms with Gasteiger partial charge in [-0.25, -0.2) is 0 Å². The van der Waals surface area contributed by atoms with Gasteiger partial charge in [-0.05, 0) is 26.2 Å². The first-order valence-electron chi connectivity index (χ1n) is 8.52. The third-order valence-corrected chi connectivity index (χ3v) is 5.16. The van der Waals surface area contributed by atoms with Gasteiger partial charge in [0.15, 0.2) is 0 Å². The molecule has 2 rings (SSSR count). The van der Waals surface area contributed by atoms with Gasteiger partial charge in [-0.3, -0.25) is 19.2 Å². The van der Waals surface area contributed by atoms with Gasteiger partial charge in [0.05, 0.1) is 11.5 Å². The number of piperidine rings is 1. The molecule has 0 bridgehead atoms. The third-order valence-electron chi connectivity index (χ3n) is 5.16. The van der Waals surface area contributed by atoms with Gasteiger partial charge >= 0.3 is 0 Å². The van der Waals surface area contributed by atoms with Crippen LogP contribution in [0.4, 0.5) is 0 Å². The fourth-order valence-electron chi connectivity index (χ4n) is 3.68. The maximum atomic E-state index is 12.6. The summed E-state index contributed by atoms with van der Waals surface area (Å²) in [4.78, 5) is 49.9. The molecule has 2 heterocycles. The number of hydrogen-bond donors (Lipinski definition) is 3. The fraction of sp³-hybridized carbons (Fsp3) is 0.750. The molecule has 2 atom stereocenters. The minimum atomic E-state index is -1.02. The molecule has 2 saturated heterocycles. The van der Waals surface area contributed by atoms with Gasteiger partial charge < -0.3 is 26.4 Å². The number of carbonyl (C=O) groups excluding carboxylic acids is 4. The van der Waals surface area contributed by atoms with E-state index in [0.717, 1.165) is 0 Å². The van der Waals surface area contributed by atoms with Crippen molar-refractivity contribution in [2.24, 2.45) is 16.9 Å². The summed E-state index contributed by atoms with van der Waals surface area (Å²) >= 11 is 0. The van der Waals surface area contributed by atoms with E-state index in [1.54, 1.807) is 4.90 Å². The molecule has 0 aromatic rings. The van der Waals surface area contributed by atoms with E-state index in [-0.39, 0.29) is 24.7 Å². The van der Waals surface area contributed by atoms with Crippen LogP contribution in [0, 0.1) is 5.41 Å². The van der Waals surface area contributed by atoms with Crippen LogP contribution in [0.15, 0.2) is 0 Å². The van der Waals surface area contributed by atoms with Gasteiger partial charge in [-0.1, -0.05) is 0 Å². The first-order valence-corrected chi connectivity index (χ1v) is 8.52. The Labute approximate surface area is 146 Å². The van der Waals surface area contributed by atoms with Crippen LogP contribution in [0.2, 0.25) is 0 Å². The lowest BCUT2D eigenvalue weighted by Gasteiger charge is -2.54. The van der Waals surface area contributed by atoms with E-state index in [9.17, 15) is 24.3 Å². The zero-order valence-electron chi connectivity index (χ0n) is 14.4. The highest BCUT2D eigenvalue weighted by atomic mass is 16.3. The van der Waals surface area contributed by atoms with Crippen molar-refractivity contribution >= 4 is 23.6 Å². The lowest BCUT2D eigenvalue weighted by Crippen LogP contribution is -2.70. The molecule has 2 aliphatic heterocycles. The number of likely N-dealkylation sites (tertiary alicyclic amines) is 2. The molecular formula is C16H26N4O5. The predicted molar refractivity (Wildman–Crippen MR) is 87.7 cm³/mol. The lowest BCUT2D eigenvalue weighted by atomic mass is 9.70. The van der Waals surface area contributed by atoms with Crippen LogP contribution in [-0.2, 0) is 19.2 Å². The molecule has 2 aliphatic rings. The van der Waals surface area contributed by atoms with E-state index in [1.165, 1.54) is 11.8 Å². The van der Waals surface area contributed by atoms with Gasteiger partial charge in [0, 0.05) is 32.5 Å². The molecule has 140 valence electrons. The van der Waals surface area contributed by atoms with Crippen LogP contribution >= 0.6 is 0 Å². The lowest BCUT2D eigenvalue weighted by molar-refractivity contribution is -0.177. The number of nitrogens with zero attached hydrogens (tertiary/aromatic N) is 2. The molecule has 4 amide bonds. The molecule has 9 heteroatoms. The van der Waals surface area contributed by atoms with Crippen molar-refractivity contribution in [3.05, 3.63) is 0 Å². The number of amides is 4. The Kier molecular flexibility index (Phi) is 5.66. The Hall–Kier alpha value is -2.16. The predicted octanol–water partition coefficient (Wildman–Crippen LogP) is -1.67. The second kappa shape index (κ2) is 7.38. The minimum Gasteiger partial charge on any atom is -0.391 e. The molecule has 0 aromatic carbocycles. The first-order chi connectivity index (χ1) is 11.7. The Morgan fingerprint density at radius 3 is 2.24 bits per heavy atom. The van der Waals surface area contributed by atoms with Crippen LogP contribution < -0.4 is 11.5 Å². The summed E-state index contributed by atoms with van der Waals surface area (Å²) in [5, 5.41) is 9.68. The third kappa shape index (κ3) is 3.92. The second-order valence-electron chi connectivity index (χ2n) is 7.00. The number of aliphatic hydroxyl groups is 1. The highest BCUT2D eigenvalue weighted by Gasteiger charge is 2.56. The summed E-state index contributed by atoms with van der Waals surface area (Å²) in [7, 11) is 0. The molecule has 0 aromatic heterocycles. The number of rotatable bonds is 7. The molecule has 25 heavy (non-hydrogen) atoms. The van der Waals surface area contributed by atoms with Gasteiger partial charge in [0.1, 0.15) is 6.04 Å². The molecule has 0 radical (unpaired) electrons. The summed E-state index contributed by atoms with van der Waals surface area (Å²) in [6.45, 7) is 2.73. The standard InChI is InChI=1S/C16H26N4O5/c1-10(21)13(14(18)24)20-9-16(15(20)25)5-7-19(8-6-16)12(23)4-2-3-11(17)22/h10,13,21H,2-9H2,1H3,(H2,17,22)(H2,18,24)/t10-,13+/m1/s1. The summed E-state index contributed by atoms with van der Waals surface area (Å²) in [5.74, 6) is -1.37. The summed E-state index contributed by atoms with van der Waals surface area (Å²) in [6.07, 6.45) is 0.902. The van der Waals surface area contributed by atoms with Gasteiger partial charge in [-0.2, -0.15) is 0 Å². The second-order valence-corrected chi connectivity index (χ2v) is 7.00. The molecule has 9 nitrogen and oxygen atoms in total. The number of aliphatic hydroxyl groups excluding tert-OH is 1. The van der Waals surface area contributed by atoms with Crippen molar-refractivity contribution in [2.45, 2.75) is 51.2 Å². The topological polar surface area (TPSA) is 147 Å². The summed E-state index contributed by atoms with van der Waals surface area (Å²) < 4.78 is 0. The average Bonchev–Trinajstić information content (AvgIpc) is 2.53.